The Morgan fingerprint density at radius 3 is 2.50 bits per heavy atom. The fraction of sp³-hybridized carbons (Fsp3) is 0.625. The van der Waals surface area contributed by atoms with E-state index in [2.05, 4.69) is 39.0 Å². The molecule has 1 N–H and O–H groups in total. The van der Waals surface area contributed by atoms with Gasteiger partial charge in [0.05, 0.1) is 6.10 Å². The van der Waals surface area contributed by atoms with Gasteiger partial charge in [-0.3, -0.25) is 0 Å². The van der Waals surface area contributed by atoms with Crippen molar-refractivity contribution in [2.24, 2.45) is 0 Å². The lowest BCUT2D eigenvalue weighted by Gasteiger charge is -2.29. The van der Waals surface area contributed by atoms with Gasteiger partial charge in [0.15, 0.2) is 0 Å². The van der Waals surface area contributed by atoms with Crippen molar-refractivity contribution in [3.8, 4) is 0 Å². The highest BCUT2D eigenvalue weighted by atomic mass is 32.2. The Morgan fingerprint density at radius 1 is 1.28 bits per heavy atom. The van der Waals surface area contributed by atoms with Gasteiger partial charge in [0.1, 0.15) is 0 Å². The first-order valence-electron chi connectivity index (χ1n) is 6.88. The minimum atomic E-state index is -0.328. The van der Waals surface area contributed by atoms with Crippen LogP contribution >= 0.6 is 11.8 Å². The molecule has 0 spiro atoms. The molecule has 1 aromatic rings. The molecule has 2 heteroatoms. The van der Waals surface area contributed by atoms with Crippen LogP contribution in [-0.2, 0) is 0 Å². The van der Waals surface area contributed by atoms with Gasteiger partial charge in [0.2, 0.25) is 0 Å². The molecule has 1 fully saturated rings. The zero-order valence-corrected chi connectivity index (χ0v) is 12.5. The second-order valence-electron chi connectivity index (χ2n) is 6.20. The van der Waals surface area contributed by atoms with E-state index in [1.165, 1.54) is 24.8 Å². The average Bonchev–Trinajstić information content (AvgIpc) is 2.23. The largest absolute Gasteiger partial charge is 0.388 e. The zero-order valence-electron chi connectivity index (χ0n) is 11.6. The third kappa shape index (κ3) is 3.52. The zero-order chi connectivity index (χ0) is 13.2. The molecule has 18 heavy (non-hydrogen) atoms. The van der Waals surface area contributed by atoms with Gasteiger partial charge in [-0.25, -0.2) is 0 Å². The summed E-state index contributed by atoms with van der Waals surface area (Å²) in [6, 6.07) is 8.44. The maximum absolute atomic E-state index is 10.4. The second-order valence-corrected chi connectivity index (χ2v) is 8.04. The fourth-order valence-corrected chi connectivity index (χ4v) is 3.16. The number of hydrogen-bond donors (Lipinski definition) is 1. The van der Waals surface area contributed by atoms with E-state index in [1.807, 2.05) is 17.8 Å². The molecule has 0 aromatic heterocycles. The van der Waals surface area contributed by atoms with Crippen molar-refractivity contribution in [3.05, 3.63) is 35.4 Å². The number of rotatable bonds is 4. The summed E-state index contributed by atoms with van der Waals surface area (Å²) in [4.78, 5) is 0. The van der Waals surface area contributed by atoms with Crippen LogP contribution in [0.2, 0.25) is 0 Å². The summed E-state index contributed by atoms with van der Waals surface area (Å²) in [6.07, 6.45) is 3.59. The predicted octanol–water partition coefficient (Wildman–Crippen LogP) is 4.52. The van der Waals surface area contributed by atoms with Crippen LogP contribution in [-0.4, -0.2) is 15.6 Å². The normalized spacial score (nSPS) is 18.4. The summed E-state index contributed by atoms with van der Waals surface area (Å²) >= 11 is 1.83. The average molecular weight is 264 g/mol. The van der Waals surface area contributed by atoms with Crippen LogP contribution < -0.4 is 0 Å². The van der Waals surface area contributed by atoms with Crippen LogP contribution in [0, 0.1) is 0 Å². The Bertz CT molecular complexity index is 390. The van der Waals surface area contributed by atoms with Gasteiger partial charge in [-0.05, 0) is 29.9 Å². The van der Waals surface area contributed by atoms with Gasteiger partial charge < -0.3 is 5.11 Å². The van der Waals surface area contributed by atoms with E-state index in [-0.39, 0.29) is 10.9 Å². The van der Waals surface area contributed by atoms with E-state index < -0.39 is 0 Å². The molecule has 0 bridgehead atoms. The van der Waals surface area contributed by atoms with Crippen LogP contribution in [0.15, 0.2) is 24.3 Å². The standard InChI is InChI=1S/C16H24OS/c1-16(2,3)18-11-15(17)14-10-5-4-9-13(14)12-7-6-8-12/h4-5,9-10,12,15,17H,6-8,11H2,1-3H3. The molecule has 100 valence electrons. The molecule has 2 rings (SSSR count). The molecule has 1 saturated carbocycles. The molecular formula is C16H24OS. The lowest BCUT2D eigenvalue weighted by atomic mass is 9.77. The van der Waals surface area contributed by atoms with Crippen LogP contribution in [0.4, 0.5) is 0 Å². The molecule has 0 heterocycles. The third-order valence-corrected chi connectivity index (χ3v) is 4.92. The van der Waals surface area contributed by atoms with E-state index in [0.717, 1.165) is 11.3 Å². The molecule has 1 unspecified atom stereocenters. The summed E-state index contributed by atoms with van der Waals surface area (Å²) in [5.41, 5.74) is 2.53. The highest BCUT2D eigenvalue weighted by molar-refractivity contribution is 8.00. The molecular weight excluding hydrogens is 240 g/mol. The summed E-state index contributed by atoms with van der Waals surface area (Å²) < 4.78 is 0.215. The Kier molecular flexibility index (Phi) is 4.39. The monoisotopic (exact) mass is 264 g/mol. The Morgan fingerprint density at radius 2 is 1.94 bits per heavy atom. The minimum Gasteiger partial charge on any atom is -0.388 e. The molecule has 0 amide bonds. The van der Waals surface area contributed by atoms with E-state index >= 15 is 0 Å². The number of aliphatic hydroxyl groups is 1. The molecule has 0 saturated heterocycles. The Hall–Kier alpha value is -0.470. The third-order valence-electron chi connectivity index (χ3n) is 3.57. The SMILES string of the molecule is CC(C)(C)SCC(O)c1ccccc1C1CCC1. The van der Waals surface area contributed by atoms with Gasteiger partial charge in [-0.15, -0.1) is 0 Å². The summed E-state index contributed by atoms with van der Waals surface area (Å²) in [5.74, 6) is 1.48. The lowest BCUT2D eigenvalue weighted by Crippen LogP contribution is -2.16. The van der Waals surface area contributed by atoms with Crippen molar-refractivity contribution in [3.63, 3.8) is 0 Å². The van der Waals surface area contributed by atoms with Crippen LogP contribution in [0.25, 0.3) is 0 Å². The highest BCUT2D eigenvalue weighted by Gasteiger charge is 2.24. The number of benzene rings is 1. The van der Waals surface area contributed by atoms with E-state index in [4.69, 9.17) is 0 Å². The Balaban J connectivity index is 2.07. The highest BCUT2D eigenvalue weighted by Crippen LogP contribution is 2.40. The van der Waals surface area contributed by atoms with Crippen LogP contribution in [0.1, 0.15) is 63.2 Å². The molecule has 1 aliphatic carbocycles. The van der Waals surface area contributed by atoms with E-state index in [9.17, 15) is 5.11 Å². The second kappa shape index (κ2) is 5.66. The van der Waals surface area contributed by atoms with Crippen LogP contribution in [0.3, 0.4) is 0 Å². The summed E-state index contributed by atoms with van der Waals surface area (Å²) in [7, 11) is 0. The molecule has 1 atom stereocenters. The van der Waals surface area contributed by atoms with Crippen molar-refractivity contribution in [2.45, 2.75) is 56.8 Å². The quantitative estimate of drug-likeness (QED) is 0.863. The molecule has 1 aliphatic rings. The van der Waals surface area contributed by atoms with Gasteiger partial charge >= 0.3 is 0 Å². The molecule has 0 aliphatic heterocycles. The first-order chi connectivity index (χ1) is 8.47. The maximum Gasteiger partial charge on any atom is 0.0883 e. The van der Waals surface area contributed by atoms with Crippen molar-refractivity contribution in [1.29, 1.82) is 0 Å². The first-order valence-corrected chi connectivity index (χ1v) is 7.87. The fourth-order valence-electron chi connectivity index (χ4n) is 2.32. The van der Waals surface area contributed by atoms with Gasteiger partial charge in [0.25, 0.3) is 0 Å². The molecule has 1 nitrogen and oxygen atoms in total. The van der Waals surface area contributed by atoms with Crippen molar-refractivity contribution in [2.75, 3.05) is 5.75 Å². The van der Waals surface area contributed by atoms with Crippen molar-refractivity contribution in [1.82, 2.24) is 0 Å². The molecule has 1 aromatic carbocycles. The summed E-state index contributed by atoms with van der Waals surface area (Å²) in [5, 5.41) is 10.4. The van der Waals surface area contributed by atoms with E-state index in [1.54, 1.807) is 0 Å². The number of thioether (sulfide) groups is 1. The van der Waals surface area contributed by atoms with E-state index in [0.29, 0.717) is 5.92 Å². The van der Waals surface area contributed by atoms with Crippen molar-refractivity contribution < 1.29 is 5.11 Å². The predicted molar refractivity (Wildman–Crippen MR) is 80.2 cm³/mol. The topological polar surface area (TPSA) is 20.2 Å². The smallest absolute Gasteiger partial charge is 0.0883 e. The Labute approximate surface area is 115 Å². The maximum atomic E-state index is 10.4. The minimum absolute atomic E-state index is 0.215. The lowest BCUT2D eigenvalue weighted by molar-refractivity contribution is 0.200. The first kappa shape index (κ1) is 14.0. The van der Waals surface area contributed by atoms with Gasteiger partial charge in [0, 0.05) is 10.5 Å². The number of hydrogen-bond acceptors (Lipinski definition) is 2. The summed E-state index contributed by atoms with van der Waals surface area (Å²) in [6.45, 7) is 6.59. The van der Waals surface area contributed by atoms with Gasteiger partial charge in [-0.1, -0.05) is 51.5 Å². The number of aliphatic hydroxyl groups excluding tert-OH is 1. The molecule has 0 radical (unpaired) electrons. The van der Waals surface area contributed by atoms with Crippen LogP contribution in [0.5, 0.6) is 0 Å². The van der Waals surface area contributed by atoms with Crippen molar-refractivity contribution >= 4 is 11.8 Å². The van der Waals surface area contributed by atoms with Gasteiger partial charge in [-0.2, -0.15) is 11.8 Å².